The fourth-order valence-corrected chi connectivity index (χ4v) is 6.67. The van der Waals surface area contributed by atoms with Crippen molar-refractivity contribution in [2.45, 2.75) is 76.7 Å². The van der Waals surface area contributed by atoms with Crippen LogP contribution in [0.15, 0.2) is 59.7 Å². The first-order chi connectivity index (χ1) is 19.7. The Morgan fingerprint density at radius 2 is 1.85 bits per heavy atom. The molecule has 0 spiro atoms. The molecular weight excluding hydrogens is 518 g/mol. The number of Topliss-reactive ketones (excluding diaryl/α,β-unsaturated/α-hetero) is 1. The summed E-state index contributed by atoms with van der Waals surface area (Å²) in [6.07, 6.45) is 7.24. The lowest BCUT2D eigenvalue weighted by Gasteiger charge is -2.41. The predicted molar refractivity (Wildman–Crippen MR) is 161 cm³/mol. The number of aromatic nitrogens is 2. The van der Waals surface area contributed by atoms with Gasteiger partial charge in [0, 0.05) is 50.6 Å². The smallest absolute Gasteiger partial charge is 0.264 e. The normalized spacial score (nSPS) is 21.2. The molecule has 1 amide bonds. The van der Waals surface area contributed by atoms with Gasteiger partial charge in [-0.3, -0.25) is 24.3 Å². The molecule has 0 saturated carbocycles. The standard InChI is InChI=1S/C32H41N5O4/c1-21(2)37-30-10-6-5-8-23(30)14-29(32(37)40)31(39)34-24-15-25-11-12-26(16-24)36(25)20-28(41-4)19-35(18-22(3)38)27-9-7-13-33-17-27/h5-10,13-14,17,21,24-26,28H,11-12,15-16,18-20H2,1-4H3,(H,34,39)/t25-,26-,28?/m0/s1. The zero-order valence-corrected chi connectivity index (χ0v) is 24.5. The first-order valence-electron chi connectivity index (χ1n) is 14.6. The fourth-order valence-electron chi connectivity index (χ4n) is 6.67. The second kappa shape index (κ2) is 12.5. The van der Waals surface area contributed by atoms with Gasteiger partial charge in [0.1, 0.15) is 11.3 Å². The highest BCUT2D eigenvalue weighted by molar-refractivity contribution is 5.97. The van der Waals surface area contributed by atoms with Crippen LogP contribution in [-0.2, 0) is 9.53 Å². The fraction of sp³-hybridized carbons (Fsp3) is 0.500. The lowest BCUT2D eigenvalue weighted by Crippen LogP contribution is -2.54. The van der Waals surface area contributed by atoms with Gasteiger partial charge in [-0.25, -0.2) is 0 Å². The molecule has 2 saturated heterocycles. The zero-order chi connectivity index (χ0) is 29.1. The summed E-state index contributed by atoms with van der Waals surface area (Å²) >= 11 is 0. The SMILES string of the molecule is COC(CN(CC(C)=O)c1cccnc1)CN1[C@H]2CC[C@H]1CC(NC(=O)c1cc3ccccc3n(C(C)C)c1=O)C2. The Bertz CT molecular complexity index is 1430. The van der Waals surface area contributed by atoms with Crippen LogP contribution in [0.4, 0.5) is 5.69 Å². The van der Waals surface area contributed by atoms with Crippen molar-refractivity contribution >= 4 is 28.3 Å². The van der Waals surface area contributed by atoms with E-state index in [4.69, 9.17) is 4.74 Å². The molecule has 9 nitrogen and oxygen atoms in total. The van der Waals surface area contributed by atoms with E-state index in [0.717, 1.165) is 48.8 Å². The van der Waals surface area contributed by atoms with Crippen molar-refractivity contribution in [1.29, 1.82) is 0 Å². The summed E-state index contributed by atoms with van der Waals surface area (Å²) in [5, 5.41) is 4.09. The molecule has 2 fully saturated rings. The number of benzene rings is 1. The number of piperidine rings is 1. The van der Waals surface area contributed by atoms with Gasteiger partial charge >= 0.3 is 0 Å². The Balaban J connectivity index is 1.26. The molecule has 2 aliphatic rings. The molecule has 3 aromatic rings. The van der Waals surface area contributed by atoms with Crippen LogP contribution in [0.2, 0.25) is 0 Å². The van der Waals surface area contributed by atoms with E-state index in [2.05, 4.69) is 15.2 Å². The van der Waals surface area contributed by atoms with Gasteiger partial charge in [0.15, 0.2) is 0 Å². The largest absolute Gasteiger partial charge is 0.378 e. The third-order valence-corrected chi connectivity index (χ3v) is 8.52. The second-order valence-corrected chi connectivity index (χ2v) is 11.8. The Labute approximate surface area is 241 Å². The average Bonchev–Trinajstić information content (AvgIpc) is 3.18. The van der Waals surface area contributed by atoms with Crippen molar-refractivity contribution in [3.8, 4) is 0 Å². The van der Waals surface area contributed by atoms with Crippen molar-refractivity contribution < 1.29 is 14.3 Å². The predicted octanol–water partition coefficient (Wildman–Crippen LogP) is 3.81. The van der Waals surface area contributed by atoms with Crippen LogP contribution in [0.3, 0.4) is 0 Å². The zero-order valence-electron chi connectivity index (χ0n) is 24.5. The maximum atomic E-state index is 13.4. The number of ketones is 1. The maximum absolute atomic E-state index is 13.4. The van der Waals surface area contributed by atoms with E-state index in [1.807, 2.05) is 55.1 Å². The van der Waals surface area contributed by atoms with E-state index >= 15 is 0 Å². The molecule has 0 radical (unpaired) electrons. The van der Waals surface area contributed by atoms with Gasteiger partial charge < -0.3 is 19.5 Å². The molecule has 218 valence electrons. The molecule has 1 aromatic carbocycles. The number of rotatable bonds is 11. The topological polar surface area (TPSA) is 96.8 Å². The Morgan fingerprint density at radius 3 is 2.49 bits per heavy atom. The molecule has 2 aliphatic heterocycles. The van der Waals surface area contributed by atoms with Crippen LogP contribution >= 0.6 is 0 Å². The number of anilines is 1. The molecule has 5 rings (SSSR count). The van der Waals surface area contributed by atoms with Gasteiger partial charge in [-0.05, 0) is 76.1 Å². The molecule has 2 bridgehead atoms. The number of pyridine rings is 2. The number of hydrogen-bond acceptors (Lipinski definition) is 7. The van der Waals surface area contributed by atoms with E-state index < -0.39 is 0 Å². The lowest BCUT2D eigenvalue weighted by atomic mass is 9.96. The van der Waals surface area contributed by atoms with E-state index in [9.17, 15) is 14.4 Å². The Kier molecular flexibility index (Phi) is 8.85. The molecule has 0 aliphatic carbocycles. The molecule has 4 heterocycles. The van der Waals surface area contributed by atoms with Crippen molar-refractivity contribution in [3.05, 3.63) is 70.8 Å². The molecular formula is C32H41N5O4. The number of carbonyl (C=O) groups excluding carboxylic acids is 2. The van der Waals surface area contributed by atoms with Crippen molar-refractivity contribution in [2.75, 3.05) is 31.6 Å². The lowest BCUT2D eigenvalue weighted by molar-refractivity contribution is -0.115. The minimum absolute atomic E-state index is 0.0141. The summed E-state index contributed by atoms with van der Waals surface area (Å²) in [4.78, 5) is 47.6. The minimum Gasteiger partial charge on any atom is -0.378 e. The number of ether oxygens (including phenoxy) is 1. The number of carbonyl (C=O) groups is 2. The summed E-state index contributed by atoms with van der Waals surface area (Å²) < 4.78 is 7.63. The van der Waals surface area contributed by atoms with E-state index in [-0.39, 0.29) is 41.0 Å². The molecule has 3 atom stereocenters. The number of hydrogen-bond donors (Lipinski definition) is 1. The van der Waals surface area contributed by atoms with E-state index in [1.54, 1.807) is 37.1 Å². The van der Waals surface area contributed by atoms with Crippen LogP contribution in [0.5, 0.6) is 0 Å². The summed E-state index contributed by atoms with van der Waals surface area (Å²) in [7, 11) is 1.72. The van der Waals surface area contributed by atoms with Gasteiger partial charge in [0.2, 0.25) is 0 Å². The molecule has 41 heavy (non-hydrogen) atoms. The van der Waals surface area contributed by atoms with Gasteiger partial charge in [-0.15, -0.1) is 0 Å². The van der Waals surface area contributed by atoms with Crippen LogP contribution in [-0.4, -0.2) is 77.1 Å². The van der Waals surface area contributed by atoms with Gasteiger partial charge in [-0.2, -0.15) is 0 Å². The summed E-state index contributed by atoms with van der Waals surface area (Å²) in [6.45, 7) is 7.17. The Hall–Kier alpha value is -3.56. The average molecular weight is 560 g/mol. The highest BCUT2D eigenvalue weighted by Gasteiger charge is 2.42. The highest BCUT2D eigenvalue weighted by atomic mass is 16.5. The second-order valence-electron chi connectivity index (χ2n) is 11.8. The molecule has 1 N–H and O–H groups in total. The van der Waals surface area contributed by atoms with Crippen molar-refractivity contribution in [1.82, 2.24) is 19.8 Å². The van der Waals surface area contributed by atoms with Gasteiger partial charge in [0.05, 0.1) is 30.0 Å². The molecule has 9 heteroatoms. The van der Waals surface area contributed by atoms with E-state index in [0.29, 0.717) is 25.2 Å². The monoisotopic (exact) mass is 559 g/mol. The van der Waals surface area contributed by atoms with Crippen LogP contribution in [0, 0.1) is 0 Å². The summed E-state index contributed by atoms with van der Waals surface area (Å²) in [5.74, 6) is -0.203. The summed E-state index contributed by atoms with van der Waals surface area (Å²) in [6, 6.07) is 13.9. The van der Waals surface area contributed by atoms with Crippen LogP contribution < -0.4 is 15.8 Å². The third-order valence-electron chi connectivity index (χ3n) is 8.52. The highest BCUT2D eigenvalue weighted by Crippen LogP contribution is 2.36. The van der Waals surface area contributed by atoms with Gasteiger partial charge in [-0.1, -0.05) is 18.2 Å². The molecule has 1 unspecified atom stereocenters. The van der Waals surface area contributed by atoms with Crippen LogP contribution in [0.25, 0.3) is 10.9 Å². The van der Waals surface area contributed by atoms with Gasteiger partial charge in [0.25, 0.3) is 11.5 Å². The van der Waals surface area contributed by atoms with Crippen LogP contribution in [0.1, 0.15) is 62.9 Å². The quantitative estimate of drug-likeness (QED) is 0.382. The Morgan fingerprint density at radius 1 is 1.12 bits per heavy atom. The first kappa shape index (κ1) is 29.0. The number of fused-ring (bicyclic) bond motifs is 3. The third kappa shape index (κ3) is 6.36. The van der Waals surface area contributed by atoms with Crippen molar-refractivity contribution in [3.63, 3.8) is 0 Å². The van der Waals surface area contributed by atoms with Crippen molar-refractivity contribution in [2.24, 2.45) is 0 Å². The van der Waals surface area contributed by atoms with E-state index in [1.165, 1.54) is 0 Å². The number of para-hydroxylation sites is 1. The summed E-state index contributed by atoms with van der Waals surface area (Å²) in [5.41, 5.74) is 1.70. The number of amides is 1. The molecule has 2 aromatic heterocycles. The number of nitrogens with one attached hydrogen (secondary N) is 1. The number of nitrogens with zero attached hydrogens (tertiary/aromatic N) is 4. The maximum Gasteiger partial charge on any atom is 0.264 e. The first-order valence-corrected chi connectivity index (χ1v) is 14.6. The number of methoxy groups -OCH3 is 1. The minimum atomic E-state index is -0.292.